The van der Waals surface area contributed by atoms with E-state index >= 15 is 0 Å². The molecule has 66 valence electrons. The highest BCUT2D eigenvalue weighted by Gasteiger charge is 2.09. The maximum Gasteiger partial charge on any atom is 0.0497 e. The zero-order valence-corrected chi connectivity index (χ0v) is 9.89. The van der Waals surface area contributed by atoms with E-state index in [0.717, 1.165) is 14.5 Å². The van der Waals surface area contributed by atoms with Crippen LogP contribution in [0.15, 0.2) is 27.1 Å². The summed E-state index contributed by atoms with van der Waals surface area (Å²) in [6, 6.07) is 5.95. The molecule has 1 atom stereocenters. The molecule has 0 saturated heterocycles. The maximum atomic E-state index is 8.97. The lowest BCUT2D eigenvalue weighted by Crippen LogP contribution is -1.99. The summed E-state index contributed by atoms with van der Waals surface area (Å²) >= 11 is 6.88. The Labute approximate surface area is 89.1 Å². The number of hydrogen-bond donors (Lipinski definition) is 1. The van der Waals surface area contributed by atoms with Crippen LogP contribution in [-0.2, 0) is 0 Å². The lowest BCUT2D eigenvalue weighted by atomic mass is 10.0. The Morgan fingerprint density at radius 1 is 1.42 bits per heavy atom. The average Bonchev–Trinajstić information content (AvgIpc) is 2.08. The molecule has 1 unspecified atom stereocenters. The first-order valence-corrected chi connectivity index (χ1v) is 5.30. The predicted octanol–water partition coefficient (Wildman–Crippen LogP) is 3.31. The maximum absolute atomic E-state index is 8.97. The highest BCUT2D eigenvalue weighted by Crippen LogP contribution is 2.31. The lowest BCUT2D eigenvalue weighted by Gasteiger charge is -2.11. The van der Waals surface area contributed by atoms with Crippen molar-refractivity contribution >= 4 is 31.9 Å². The average molecular weight is 294 g/mol. The summed E-state index contributed by atoms with van der Waals surface area (Å²) < 4.78 is 2.06. The Morgan fingerprint density at radius 2 is 2.08 bits per heavy atom. The van der Waals surface area contributed by atoms with Gasteiger partial charge in [0.1, 0.15) is 0 Å². The monoisotopic (exact) mass is 292 g/mol. The number of aliphatic hydroxyl groups is 1. The number of halogens is 2. The summed E-state index contributed by atoms with van der Waals surface area (Å²) in [5, 5.41) is 8.97. The summed E-state index contributed by atoms with van der Waals surface area (Å²) in [5.41, 5.74) is 1.13. The van der Waals surface area contributed by atoms with E-state index < -0.39 is 0 Å². The van der Waals surface area contributed by atoms with E-state index in [0.29, 0.717) is 0 Å². The van der Waals surface area contributed by atoms with Gasteiger partial charge in [-0.3, -0.25) is 0 Å². The van der Waals surface area contributed by atoms with Crippen LogP contribution in [0.4, 0.5) is 0 Å². The normalized spacial score (nSPS) is 13.0. The third kappa shape index (κ3) is 2.09. The molecule has 0 amide bonds. The van der Waals surface area contributed by atoms with Gasteiger partial charge in [0.15, 0.2) is 0 Å². The Morgan fingerprint density at radius 3 is 2.67 bits per heavy atom. The molecular weight excluding hydrogens is 284 g/mol. The molecule has 0 aliphatic rings. The lowest BCUT2D eigenvalue weighted by molar-refractivity contribution is 0.272. The Bertz CT molecular complexity index is 273. The third-order valence-electron chi connectivity index (χ3n) is 1.79. The number of aliphatic hydroxyl groups excluding tert-OH is 1. The van der Waals surface area contributed by atoms with Crippen LogP contribution in [-0.4, -0.2) is 11.7 Å². The molecule has 0 aromatic heterocycles. The van der Waals surface area contributed by atoms with Gasteiger partial charge in [0.05, 0.1) is 0 Å². The smallest absolute Gasteiger partial charge is 0.0497 e. The number of hydrogen-bond acceptors (Lipinski definition) is 1. The Hall–Kier alpha value is 0.140. The standard InChI is InChI=1S/C9H10Br2O/c1-6(5-12)7-3-2-4-8(10)9(7)11/h2-4,6,12H,5H2,1H3. The Balaban J connectivity index is 3.07. The first kappa shape index (κ1) is 10.2. The highest BCUT2D eigenvalue weighted by atomic mass is 79.9. The van der Waals surface area contributed by atoms with E-state index in [1.165, 1.54) is 0 Å². The van der Waals surface area contributed by atoms with Crippen LogP contribution in [0.5, 0.6) is 0 Å². The minimum Gasteiger partial charge on any atom is -0.396 e. The Kier molecular flexibility index (Phi) is 3.75. The quantitative estimate of drug-likeness (QED) is 0.887. The van der Waals surface area contributed by atoms with Crippen LogP contribution in [0.2, 0.25) is 0 Å². The van der Waals surface area contributed by atoms with Gasteiger partial charge < -0.3 is 5.11 Å². The molecule has 0 heterocycles. The zero-order valence-electron chi connectivity index (χ0n) is 6.72. The second-order valence-electron chi connectivity index (χ2n) is 2.73. The molecule has 3 heteroatoms. The van der Waals surface area contributed by atoms with Crippen molar-refractivity contribution in [2.75, 3.05) is 6.61 Å². The highest BCUT2D eigenvalue weighted by molar-refractivity contribution is 9.13. The summed E-state index contributed by atoms with van der Waals surface area (Å²) in [5.74, 6) is 0.178. The molecule has 12 heavy (non-hydrogen) atoms. The van der Waals surface area contributed by atoms with Crippen LogP contribution < -0.4 is 0 Å². The first-order valence-electron chi connectivity index (χ1n) is 3.71. The fourth-order valence-corrected chi connectivity index (χ4v) is 2.04. The van der Waals surface area contributed by atoms with E-state index in [2.05, 4.69) is 31.9 Å². The minimum atomic E-state index is 0.176. The molecule has 1 nitrogen and oxygen atoms in total. The van der Waals surface area contributed by atoms with E-state index in [9.17, 15) is 0 Å². The van der Waals surface area contributed by atoms with Gasteiger partial charge >= 0.3 is 0 Å². The van der Waals surface area contributed by atoms with E-state index in [1.807, 2.05) is 25.1 Å². The van der Waals surface area contributed by atoms with E-state index in [1.54, 1.807) is 0 Å². The molecule has 0 aliphatic heterocycles. The van der Waals surface area contributed by atoms with E-state index in [-0.39, 0.29) is 12.5 Å². The van der Waals surface area contributed by atoms with Gasteiger partial charge in [-0.2, -0.15) is 0 Å². The second-order valence-corrected chi connectivity index (χ2v) is 4.37. The van der Waals surface area contributed by atoms with E-state index in [4.69, 9.17) is 5.11 Å². The molecule has 1 aromatic rings. The summed E-state index contributed by atoms with van der Waals surface area (Å²) in [7, 11) is 0. The van der Waals surface area contributed by atoms with Crippen molar-refractivity contribution in [1.82, 2.24) is 0 Å². The van der Waals surface area contributed by atoms with Crippen molar-refractivity contribution in [2.24, 2.45) is 0 Å². The molecule has 1 rings (SSSR count). The van der Waals surface area contributed by atoms with Crippen LogP contribution >= 0.6 is 31.9 Å². The summed E-state index contributed by atoms with van der Waals surface area (Å²) in [6.45, 7) is 2.17. The second kappa shape index (κ2) is 4.40. The SMILES string of the molecule is CC(CO)c1cccc(Br)c1Br. The minimum absolute atomic E-state index is 0.176. The molecule has 1 aromatic carbocycles. The van der Waals surface area contributed by atoms with Crippen molar-refractivity contribution in [2.45, 2.75) is 12.8 Å². The largest absolute Gasteiger partial charge is 0.396 e. The van der Waals surface area contributed by atoms with Gasteiger partial charge in [0.2, 0.25) is 0 Å². The number of rotatable bonds is 2. The van der Waals surface area contributed by atoms with Gasteiger partial charge in [0, 0.05) is 21.5 Å². The molecule has 1 N–H and O–H groups in total. The number of benzene rings is 1. The van der Waals surface area contributed by atoms with Crippen LogP contribution in [0.1, 0.15) is 18.4 Å². The summed E-state index contributed by atoms with van der Waals surface area (Å²) in [6.07, 6.45) is 0. The van der Waals surface area contributed by atoms with Crippen molar-refractivity contribution in [3.8, 4) is 0 Å². The van der Waals surface area contributed by atoms with Crippen molar-refractivity contribution in [1.29, 1.82) is 0 Å². The van der Waals surface area contributed by atoms with Gasteiger partial charge in [0.25, 0.3) is 0 Å². The summed E-state index contributed by atoms with van der Waals surface area (Å²) in [4.78, 5) is 0. The molecule has 0 aliphatic carbocycles. The molecule has 0 fully saturated rings. The van der Waals surface area contributed by atoms with Crippen molar-refractivity contribution in [3.05, 3.63) is 32.7 Å². The molecular formula is C9H10Br2O. The van der Waals surface area contributed by atoms with Crippen LogP contribution in [0.3, 0.4) is 0 Å². The molecule has 0 spiro atoms. The predicted molar refractivity (Wildman–Crippen MR) is 57.3 cm³/mol. The van der Waals surface area contributed by atoms with Crippen molar-refractivity contribution < 1.29 is 5.11 Å². The van der Waals surface area contributed by atoms with Crippen LogP contribution in [0, 0.1) is 0 Å². The van der Waals surface area contributed by atoms with Gasteiger partial charge in [-0.15, -0.1) is 0 Å². The zero-order chi connectivity index (χ0) is 9.14. The third-order valence-corrected chi connectivity index (χ3v) is 3.86. The first-order chi connectivity index (χ1) is 5.66. The fourth-order valence-electron chi connectivity index (χ4n) is 0.999. The van der Waals surface area contributed by atoms with Gasteiger partial charge in [-0.1, -0.05) is 19.1 Å². The topological polar surface area (TPSA) is 20.2 Å². The molecule has 0 radical (unpaired) electrons. The molecule has 0 bridgehead atoms. The van der Waals surface area contributed by atoms with Crippen LogP contribution in [0.25, 0.3) is 0 Å². The molecule has 0 saturated carbocycles. The fraction of sp³-hybridized carbons (Fsp3) is 0.333. The van der Waals surface area contributed by atoms with Crippen molar-refractivity contribution in [3.63, 3.8) is 0 Å². The van der Waals surface area contributed by atoms with Gasteiger partial charge in [-0.05, 0) is 43.5 Å². The van der Waals surface area contributed by atoms with Gasteiger partial charge in [-0.25, -0.2) is 0 Å².